The van der Waals surface area contributed by atoms with Crippen LogP contribution in [0.25, 0.3) is 0 Å². The summed E-state index contributed by atoms with van der Waals surface area (Å²) in [5.41, 5.74) is 1.95. The van der Waals surface area contributed by atoms with Crippen LogP contribution in [0.1, 0.15) is 46.0 Å². The lowest BCUT2D eigenvalue weighted by atomic mass is 10.2. The molecule has 6 heteroatoms. The number of anilines is 1. The van der Waals surface area contributed by atoms with E-state index in [1.54, 1.807) is 14.2 Å². The molecule has 0 fully saturated rings. The molecule has 0 saturated carbocycles. The average Bonchev–Trinajstić information content (AvgIpc) is 2.88. The van der Waals surface area contributed by atoms with Crippen LogP contribution in [0, 0.1) is 0 Å². The fraction of sp³-hybridized carbons (Fsp3) is 0.619. The second kappa shape index (κ2) is 11.7. The minimum Gasteiger partial charge on any atom is -0.360 e. The Morgan fingerprint density at radius 2 is 1.78 bits per heavy atom. The van der Waals surface area contributed by atoms with Gasteiger partial charge in [-0.15, -0.1) is 0 Å². The van der Waals surface area contributed by atoms with E-state index in [-0.39, 0.29) is 6.29 Å². The van der Waals surface area contributed by atoms with Gasteiger partial charge in [0.25, 0.3) is 0 Å². The SMILES string of the molecule is CCCCN(CCCC)C1=Nc2ccccc2NC(=NCC(OC)OC)C1. The molecule has 1 aromatic rings. The maximum atomic E-state index is 5.27. The van der Waals surface area contributed by atoms with Crippen LogP contribution in [0.5, 0.6) is 0 Å². The second-order valence-corrected chi connectivity index (χ2v) is 6.73. The minimum absolute atomic E-state index is 0.338. The minimum atomic E-state index is -0.338. The topological polar surface area (TPSA) is 58.5 Å². The highest BCUT2D eigenvalue weighted by atomic mass is 16.7. The summed E-state index contributed by atoms with van der Waals surface area (Å²) in [6.07, 6.45) is 5.03. The molecule has 2 rings (SSSR count). The Morgan fingerprint density at radius 3 is 2.41 bits per heavy atom. The first-order valence-corrected chi connectivity index (χ1v) is 9.99. The molecule has 0 bridgehead atoms. The van der Waals surface area contributed by atoms with E-state index in [0.717, 1.165) is 36.1 Å². The summed E-state index contributed by atoms with van der Waals surface area (Å²) in [6.45, 7) is 6.97. The largest absolute Gasteiger partial charge is 0.360 e. The number of methoxy groups -OCH3 is 2. The number of nitrogens with one attached hydrogen (secondary N) is 1. The lowest BCUT2D eigenvalue weighted by Gasteiger charge is -2.26. The molecule has 6 nitrogen and oxygen atoms in total. The summed E-state index contributed by atoms with van der Waals surface area (Å²) in [4.78, 5) is 12.2. The van der Waals surface area contributed by atoms with Crippen molar-refractivity contribution in [1.29, 1.82) is 0 Å². The first-order valence-electron chi connectivity index (χ1n) is 9.99. The zero-order valence-electron chi connectivity index (χ0n) is 17.2. The highest BCUT2D eigenvalue weighted by molar-refractivity contribution is 6.12. The first kappa shape index (κ1) is 21.4. The third-order valence-corrected chi connectivity index (χ3v) is 4.64. The normalized spacial score (nSPS) is 15.3. The predicted octanol–water partition coefficient (Wildman–Crippen LogP) is 4.45. The number of fused-ring (bicyclic) bond motifs is 1. The van der Waals surface area contributed by atoms with Gasteiger partial charge < -0.3 is 19.7 Å². The standard InChI is InChI=1S/C21H34N4O2/c1-5-7-13-25(14-8-6-2)20-15-19(22-16-21(26-3)27-4)23-17-11-9-10-12-18(17)24-20/h9-12,21H,5-8,13-16H2,1-4H3,(H,22,23). The molecule has 0 radical (unpaired) electrons. The van der Waals surface area contributed by atoms with Crippen molar-refractivity contribution in [2.24, 2.45) is 9.98 Å². The molecular weight excluding hydrogens is 340 g/mol. The molecule has 1 N–H and O–H groups in total. The molecule has 0 saturated heterocycles. The number of rotatable bonds is 10. The van der Waals surface area contributed by atoms with E-state index in [0.29, 0.717) is 13.0 Å². The molecule has 0 unspecified atom stereocenters. The van der Waals surface area contributed by atoms with Crippen LogP contribution in [0.2, 0.25) is 0 Å². The Bertz CT molecular complexity index is 618. The number of hydrogen-bond donors (Lipinski definition) is 1. The van der Waals surface area contributed by atoms with Crippen molar-refractivity contribution in [1.82, 2.24) is 4.90 Å². The van der Waals surface area contributed by atoms with Crippen LogP contribution >= 0.6 is 0 Å². The van der Waals surface area contributed by atoms with Crippen molar-refractivity contribution in [3.05, 3.63) is 24.3 Å². The highest BCUT2D eigenvalue weighted by Gasteiger charge is 2.19. The number of para-hydroxylation sites is 2. The molecule has 1 aromatic carbocycles. The molecule has 0 aliphatic carbocycles. The van der Waals surface area contributed by atoms with Gasteiger partial charge in [-0.05, 0) is 25.0 Å². The number of nitrogens with zero attached hydrogens (tertiary/aromatic N) is 3. The fourth-order valence-corrected chi connectivity index (χ4v) is 2.98. The molecule has 1 aliphatic heterocycles. The van der Waals surface area contributed by atoms with E-state index in [1.165, 1.54) is 25.7 Å². The number of unbranched alkanes of at least 4 members (excludes halogenated alkanes) is 2. The monoisotopic (exact) mass is 374 g/mol. The van der Waals surface area contributed by atoms with Gasteiger partial charge in [0.2, 0.25) is 0 Å². The molecule has 1 heterocycles. The summed E-state index contributed by atoms with van der Waals surface area (Å²) < 4.78 is 10.5. The van der Waals surface area contributed by atoms with Crippen molar-refractivity contribution < 1.29 is 9.47 Å². The van der Waals surface area contributed by atoms with Gasteiger partial charge in [-0.3, -0.25) is 4.99 Å². The summed E-state index contributed by atoms with van der Waals surface area (Å²) >= 11 is 0. The van der Waals surface area contributed by atoms with Crippen molar-refractivity contribution in [3.63, 3.8) is 0 Å². The number of hydrogen-bond acceptors (Lipinski definition) is 5. The van der Waals surface area contributed by atoms with E-state index < -0.39 is 0 Å². The van der Waals surface area contributed by atoms with Gasteiger partial charge in [0.1, 0.15) is 11.7 Å². The van der Waals surface area contributed by atoms with Crippen molar-refractivity contribution in [2.45, 2.75) is 52.2 Å². The van der Waals surface area contributed by atoms with Crippen LogP contribution in [0.4, 0.5) is 11.4 Å². The molecule has 0 aromatic heterocycles. The maximum absolute atomic E-state index is 5.27. The number of benzene rings is 1. The Labute approximate surface area is 163 Å². The van der Waals surface area contributed by atoms with Crippen LogP contribution in [-0.2, 0) is 9.47 Å². The van der Waals surface area contributed by atoms with E-state index in [9.17, 15) is 0 Å². The number of amidine groups is 2. The lowest BCUT2D eigenvalue weighted by Crippen LogP contribution is -2.35. The third kappa shape index (κ3) is 6.63. The Balaban J connectivity index is 2.29. The summed E-state index contributed by atoms with van der Waals surface area (Å²) in [7, 11) is 3.27. The number of aliphatic imine (C=N–C) groups is 2. The predicted molar refractivity (Wildman–Crippen MR) is 113 cm³/mol. The van der Waals surface area contributed by atoms with Crippen molar-refractivity contribution in [2.75, 3.05) is 39.2 Å². The molecule has 0 atom stereocenters. The fourth-order valence-electron chi connectivity index (χ4n) is 2.98. The zero-order chi connectivity index (χ0) is 19.5. The third-order valence-electron chi connectivity index (χ3n) is 4.64. The number of ether oxygens (including phenoxy) is 2. The van der Waals surface area contributed by atoms with Crippen molar-refractivity contribution >= 4 is 23.0 Å². The van der Waals surface area contributed by atoms with Gasteiger partial charge in [0.15, 0.2) is 6.29 Å². The van der Waals surface area contributed by atoms with Gasteiger partial charge in [0.05, 0.1) is 24.3 Å². The van der Waals surface area contributed by atoms with Gasteiger partial charge >= 0.3 is 0 Å². The quantitative estimate of drug-likeness (QED) is 0.615. The van der Waals surface area contributed by atoms with E-state index in [1.807, 2.05) is 18.2 Å². The Morgan fingerprint density at radius 1 is 1.11 bits per heavy atom. The Kier molecular flexibility index (Phi) is 9.28. The Hall–Kier alpha value is -1.92. The van der Waals surface area contributed by atoms with Crippen LogP contribution in [0.15, 0.2) is 34.3 Å². The van der Waals surface area contributed by atoms with Crippen molar-refractivity contribution in [3.8, 4) is 0 Å². The smallest absolute Gasteiger partial charge is 0.176 e. The molecule has 27 heavy (non-hydrogen) atoms. The van der Waals surface area contributed by atoms with Gasteiger partial charge in [-0.25, -0.2) is 4.99 Å². The molecular formula is C21H34N4O2. The van der Waals surface area contributed by atoms with Gasteiger partial charge in [-0.2, -0.15) is 0 Å². The van der Waals surface area contributed by atoms with Crippen LogP contribution in [0.3, 0.4) is 0 Å². The second-order valence-electron chi connectivity index (χ2n) is 6.73. The van der Waals surface area contributed by atoms with Gasteiger partial charge in [0, 0.05) is 27.3 Å². The van der Waals surface area contributed by atoms with E-state index >= 15 is 0 Å². The van der Waals surface area contributed by atoms with Crippen LogP contribution < -0.4 is 5.32 Å². The summed E-state index contributed by atoms with van der Waals surface area (Å²) in [5, 5.41) is 3.46. The van der Waals surface area contributed by atoms with Crippen LogP contribution in [-0.4, -0.2) is 56.7 Å². The van der Waals surface area contributed by atoms with E-state index in [2.05, 4.69) is 30.1 Å². The molecule has 1 aliphatic rings. The maximum Gasteiger partial charge on any atom is 0.176 e. The summed E-state index contributed by atoms with van der Waals surface area (Å²) in [5.74, 6) is 1.98. The lowest BCUT2D eigenvalue weighted by molar-refractivity contribution is -0.0936. The van der Waals surface area contributed by atoms with E-state index in [4.69, 9.17) is 19.5 Å². The molecule has 150 valence electrons. The first-order chi connectivity index (χ1) is 13.2. The molecule has 0 amide bonds. The molecule has 0 spiro atoms. The van der Waals surface area contributed by atoms with Gasteiger partial charge in [-0.1, -0.05) is 38.8 Å². The highest BCUT2D eigenvalue weighted by Crippen LogP contribution is 2.28. The zero-order valence-corrected chi connectivity index (χ0v) is 17.2. The average molecular weight is 375 g/mol. The summed E-state index contributed by atoms with van der Waals surface area (Å²) in [6, 6.07) is 8.14.